The third kappa shape index (κ3) is 6.74. The highest BCUT2D eigenvalue weighted by Gasteiger charge is 2.39. The summed E-state index contributed by atoms with van der Waals surface area (Å²) in [6.45, 7) is 4.11. The van der Waals surface area contributed by atoms with Crippen LogP contribution >= 0.6 is 46.4 Å². The molecule has 0 radical (unpaired) electrons. The minimum Gasteiger partial charge on any atom is -0.502 e. The van der Waals surface area contributed by atoms with Gasteiger partial charge in [0.15, 0.2) is 11.4 Å². The van der Waals surface area contributed by atoms with Crippen LogP contribution in [0.5, 0.6) is 5.75 Å². The van der Waals surface area contributed by atoms with Gasteiger partial charge in [0, 0.05) is 38.4 Å². The maximum atomic E-state index is 13.3. The fourth-order valence-corrected chi connectivity index (χ4v) is 8.16. The van der Waals surface area contributed by atoms with E-state index in [9.17, 15) is 19.8 Å². The second kappa shape index (κ2) is 14.2. The van der Waals surface area contributed by atoms with Gasteiger partial charge in [0.25, 0.3) is 5.91 Å². The van der Waals surface area contributed by atoms with Gasteiger partial charge in [-0.1, -0.05) is 70.7 Å². The van der Waals surface area contributed by atoms with Crippen LogP contribution in [0.25, 0.3) is 0 Å². The van der Waals surface area contributed by atoms with Gasteiger partial charge in [-0.05, 0) is 133 Å². The second-order valence-electron chi connectivity index (χ2n) is 13.3. The number of hydrogen-bond acceptors (Lipinski definition) is 5. The number of halogens is 4. The Morgan fingerprint density at radius 1 is 0.647 bits per heavy atom. The van der Waals surface area contributed by atoms with Crippen molar-refractivity contribution in [3.8, 4) is 5.75 Å². The Kier molecular flexibility index (Phi) is 9.87. The smallest absolute Gasteiger partial charge is 0.278 e. The van der Waals surface area contributed by atoms with Crippen LogP contribution in [-0.4, -0.2) is 38.4 Å². The summed E-state index contributed by atoms with van der Waals surface area (Å²) in [5, 5.41) is 25.9. The zero-order valence-corrected chi connectivity index (χ0v) is 30.9. The van der Waals surface area contributed by atoms with Gasteiger partial charge >= 0.3 is 0 Å². The zero-order chi connectivity index (χ0) is 36.1. The number of pyridine rings is 1. The molecular weight excluding hydrogens is 728 g/mol. The van der Waals surface area contributed by atoms with Crippen molar-refractivity contribution in [1.29, 1.82) is 0 Å². The summed E-state index contributed by atoms with van der Waals surface area (Å²) in [6, 6.07) is 23.9. The van der Waals surface area contributed by atoms with Crippen molar-refractivity contribution in [2.24, 2.45) is 0 Å². The number of aliphatic hydroxyl groups excluding tert-OH is 1. The molecule has 5 aromatic rings. The highest BCUT2D eigenvalue weighted by molar-refractivity contribution is 6.31. The first-order chi connectivity index (χ1) is 24.4. The average molecular weight is 764 g/mol. The molecule has 4 aromatic carbocycles. The molecule has 0 atom stereocenters. The predicted molar refractivity (Wildman–Crippen MR) is 203 cm³/mol. The van der Waals surface area contributed by atoms with E-state index in [-0.39, 0.29) is 30.4 Å². The standard InChI is InChI=1S/C25H23Cl2N3O3.C15H12Cl2O/c1-14(2)28-13-30(29-10-9-21(31)24(32)23(29)25(28)33)22-19-7-5-17(26)11-15(19)3-4-16-12-18(27)6-8-20(16)22;16-11-3-5-13-9(7-11)1-2-10-8-12(17)4-6-14(10)15(13)18/h5-12,14,22,32H,3-4,13H2,1-2H3;3-8,15,18H,1-2H2. The zero-order valence-electron chi connectivity index (χ0n) is 27.9. The minimum absolute atomic E-state index is 0.0299. The van der Waals surface area contributed by atoms with E-state index in [0.29, 0.717) is 20.1 Å². The summed E-state index contributed by atoms with van der Waals surface area (Å²) in [5.74, 6) is -0.920. The lowest BCUT2D eigenvalue weighted by Crippen LogP contribution is -2.57. The Balaban J connectivity index is 0.000000190. The van der Waals surface area contributed by atoms with Crippen molar-refractivity contribution in [1.82, 2.24) is 9.58 Å². The van der Waals surface area contributed by atoms with Crippen LogP contribution in [0.15, 0.2) is 89.9 Å². The van der Waals surface area contributed by atoms with E-state index in [0.717, 1.165) is 70.2 Å². The number of amides is 1. The lowest BCUT2D eigenvalue weighted by Gasteiger charge is -2.45. The van der Waals surface area contributed by atoms with Crippen molar-refractivity contribution >= 4 is 52.3 Å². The van der Waals surface area contributed by atoms with E-state index in [1.807, 2.05) is 91.7 Å². The molecule has 7 nitrogen and oxygen atoms in total. The van der Waals surface area contributed by atoms with Gasteiger partial charge < -0.3 is 15.1 Å². The summed E-state index contributed by atoms with van der Waals surface area (Å²) in [4.78, 5) is 27.2. The molecule has 0 unspecified atom stereocenters. The van der Waals surface area contributed by atoms with E-state index in [4.69, 9.17) is 46.4 Å². The van der Waals surface area contributed by atoms with Crippen molar-refractivity contribution < 1.29 is 15.0 Å². The van der Waals surface area contributed by atoms with Crippen LogP contribution in [0.1, 0.15) is 81.0 Å². The van der Waals surface area contributed by atoms with Gasteiger partial charge in [-0.2, -0.15) is 0 Å². The van der Waals surface area contributed by atoms with Crippen LogP contribution in [0, 0.1) is 0 Å². The van der Waals surface area contributed by atoms with Crippen LogP contribution in [0.4, 0.5) is 0 Å². The highest BCUT2D eigenvalue weighted by Crippen LogP contribution is 2.40. The molecule has 51 heavy (non-hydrogen) atoms. The van der Waals surface area contributed by atoms with Crippen LogP contribution < -0.4 is 10.4 Å². The Bertz CT molecular complexity index is 2130. The lowest BCUT2D eigenvalue weighted by molar-refractivity contribution is 0.0621. The fourth-order valence-electron chi connectivity index (χ4n) is 7.38. The van der Waals surface area contributed by atoms with Gasteiger partial charge in [0.2, 0.25) is 5.43 Å². The maximum absolute atomic E-state index is 13.3. The summed E-state index contributed by atoms with van der Waals surface area (Å²) < 4.78 is 1.62. The van der Waals surface area contributed by atoms with Gasteiger partial charge in [0.1, 0.15) is 12.8 Å². The minimum atomic E-state index is -0.591. The molecule has 1 amide bonds. The summed E-state index contributed by atoms with van der Waals surface area (Å²) in [5.41, 5.74) is 7.84. The number of rotatable bonds is 2. The summed E-state index contributed by atoms with van der Waals surface area (Å²) >= 11 is 24.7. The molecule has 1 aromatic heterocycles. The SMILES string of the molecule is CC(C)N1CN(C2c3ccc(Cl)cc3CCc3cc(Cl)ccc32)n2ccc(=O)c(O)c2C1=O.OC1c2ccc(Cl)cc2CCc2cc(Cl)ccc21. The van der Waals surface area contributed by atoms with E-state index in [1.54, 1.807) is 15.8 Å². The fraction of sp³-hybridized carbons (Fsp3) is 0.250. The van der Waals surface area contributed by atoms with E-state index in [2.05, 4.69) is 0 Å². The monoisotopic (exact) mass is 761 g/mol. The third-order valence-corrected chi connectivity index (χ3v) is 10.9. The quantitative estimate of drug-likeness (QED) is 0.188. The van der Waals surface area contributed by atoms with Crippen molar-refractivity contribution in [3.05, 3.63) is 166 Å². The van der Waals surface area contributed by atoms with Crippen molar-refractivity contribution in [2.75, 3.05) is 11.7 Å². The topological polar surface area (TPSA) is 86.0 Å². The lowest BCUT2D eigenvalue weighted by atomic mass is 9.94. The van der Waals surface area contributed by atoms with Gasteiger partial charge in [-0.25, -0.2) is 0 Å². The molecule has 2 heterocycles. The molecule has 0 fully saturated rings. The number of benzene rings is 4. The first-order valence-electron chi connectivity index (χ1n) is 16.7. The Hall–Kier alpha value is -3.98. The van der Waals surface area contributed by atoms with Crippen molar-refractivity contribution in [3.63, 3.8) is 0 Å². The van der Waals surface area contributed by atoms with Crippen LogP contribution in [-0.2, 0) is 25.7 Å². The maximum Gasteiger partial charge on any atom is 0.278 e. The molecule has 0 saturated heterocycles. The Labute approximate surface area is 316 Å². The van der Waals surface area contributed by atoms with Crippen LogP contribution in [0.3, 0.4) is 0 Å². The first kappa shape index (κ1) is 35.4. The molecule has 11 heteroatoms. The number of aryl methyl sites for hydroxylation is 4. The number of nitrogens with zero attached hydrogens (tertiary/aromatic N) is 3. The number of hydrogen-bond donors (Lipinski definition) is 2. The molecule has 2 aliphatic carbocycles. The third-order valence-electron chi connectivity index (χ3n) is 9.94. The van der Waals surface area contributed by atoms with E-state index in [1.165, 1.54) is 6.07 Å². The Morgan fingerprint density at radius 2 is 1.06 bits per heavy atom. The summed E-state index contributed by atoms with van der Waals surface area (Å²) in [7, 11) is 0. The number of fused-ring (bicyclic) bond motifs is 5. The van der Waals surface area contributed by atoms with Crippen LogP contribution in [0.2, 0.25) is 20.1 Å². The molecule has 0 saturated carbocycles. The Morgan fingerprint density at radius 3 is 1.49 bits per heavy atom. The number of carbonyl (C=O) groups is 1. The predicted octanol–water partition coefficient (Wildman–Crippen LogP) is 8.68. The summed E-state index contributed by atoms with van der Waals surface area (Å²) in [6.07, 6.45) is 4.31. The number of aromatic hydroxyl groups is 1. The number of carbonyl (C=O) groups excluding carboxylic acids is 1. The molecule has 8 rings (SSSR count). The van der Waals surface area contributed by atoms with Gasteiger partial charge in [-0.3, -0.25) is 19.3 Å². The van der Waals surface area contributed by atoms with Gasteiger partial charge in [-0.15, -0.1) is 0 Å². The molecule has 3 aliphatic rings. The van der Waals surface area contributed by atoms with E-state index < -0.39 is 17.3 Å². The van der Waals surface area contributed by atoms with Gasteiger partial charge in [0.05, 0.1) is 6.04 Å². The normalized spacial score (nSPS) is 15.5. The first-order valence-corrected chi connectivity index (χ1v) is 18.3. The average Bonchev–Trinajstić information content (AvgIpc) is 3.33. The number of aromatic nitrogens is 1. The molecule has 1 aliphatic heterocycles. The molecule has 2 N–H and O–H groups in total. The molecule has 262 valence electrons. The largest absolute Gasteiger partial charge is 0.502 e. The molecular formula is C40H35Cl4N3O4. The van der Waals surface area contributed by atoms with Crippen molar-refractivity contribution in [2.45, 2.75) is 57.7 Å². The highest BCUT2D eigenvalue weighted by atomic mass is 35.5. The van der Waals surface area contributed by atoms with E-state index >= 15 is 0 Å². The second-order valence-corrected chi connectivity index (χ2v) is 15.1. The molecule has 0 spiro atoms. The molecule has 0 bridgehead atoms. The number of aliphatic hydroxyl groups is 1.